The number of benzene rings is 2. The van der Waals surface area contributed by atoms with Crippen molar-refractivity contribution >= 4 is 28.3 Å². The number of hydrogen-bond acceptors (Lipinski definition) is 0. The van der Waals surface area contributed by atoms with Crippen molar-refractivity contribution in [3.8, 4) is 0 Å². The van der Waals surface area contributed by atoms with Crippen molar-refractivity contribution in [1.29, 1.82) is 0 Å². The molecule has 0 aliphatic rings. The van der Waals surface area contributed by atoms with Crippen molar-refractivity contribution in [3.05, 3.63) is 60.7 Å². The zero-order valence-corrected chi connectivity index (χ0v) is 11.1. The summed E-state index contributed by atoms with van der Waals surface area (Å²) >= 11 is -0.517. The van der Waals surface area contributed by atoms with E-state index in [1.807, 2.05) is 0 Å². The SMILES string of the molecule is O.O.c1cc[c]([Sn][c]2ccccc2)cc1. The standard InChI is InChI=1S/2C6H5.2H2O.Sn/c2*1-2-4-6-5-3-1;;;/h2*1-5H;2*1H2;. The van der Waals surface area contributed by atoms with Crippen molar-refractivity contribution in [2.75, 3.05) is 0 Å². The van der Waals surface area contributed by atoms with Gasteiger partial charge in [-0.1, -0.05) is 0 Å². The van der Waals surface area contributed by atoms with E-state index < -0.39 is 21.1 Å². The summed E-state index contributed by atoms with van der Waals surface area (Å²) in [5.74, 6) is 0. The topological polar surface area (TPSA) is 63.0 Å². The van der Waals surface area contributed by atoms with Gasteiger partial charge in [-0.05, 0) is 0 Å². The van der Waals surface area contributed by atoms with Gasteiger partial charge < -0.3 is 11.0 Å². The van der Waals surface area contributed by atoms with Crippen LogP contribution in [0.1, 0.15) is 0 Å². The monoisotopic (exact) mass is 310 g/mol. The summed E-state index contributed by atoms with van der Waals surface area (Å²) in [6.45, 7) is 0. The Morgan fingerprint density at radius 2 is 0.867 bits per heavy atom. The van der Waals surface area contributed by atoms with Gasteiger partial charge in [-0.3, -0.25) is 0 Å². The molecule has 4 N–H and O–H groups in total. The first-order valence-electron chi connectivity index (χ1n) is 4.32. The van der Waals surface area contributed by atoms with Crippen molar-refractivity contribution in [2.24, 2.45) is 0 Å². The van der Waals surface area contributed by atoms with E-state index in [1.54, 1.807) is 0 Å². The summed E-state index contributed by atoms with van der Waals surface area (Å²) in [4.78, 5) is 0. The first kappa shape index (κ1) is 14.2. The fourth-order valence-electron chi connectivity index (χ4n) is 1.21. The zero-order chi connectivity index (χ0) is 8.93. The third-order valence-electron chi connectivity index (χ3n) is 1.84. The molecule has 0 aliphatic carbocycles. The summed E-state index contributed by atoms with van der Waals surface area (Å²) < 4.78 is 3.08. The molecule has 15 heavy (non-hydrogen) atoms. The molecule has 78 valence electrons. The Morgan fingerprint density at radius 1 is 0.533 bits per heavy atom. The van der Waals surface area contributed by atoms with Gasteiger partial charge in [0.25, 0.3) is 0 Å². The first-order chi connectivity index (χ1) is 6.45. The van der Waals surface area contributed by atoms with Crippen molar-refractivity contribution < 1.29 is 11.0 Å². The van der Waals surface area contributed by atoms with Crippen LogP contribution in [0.3, 0.4) is 0 Å². The maximum absolute atomic E-state index is 2.24. The molecule has 2 rings (SSSR count). The molecule has 2 aromatic carbocycles. The second-order valence-corrected chi connectivity index (χ2v) is 6.87. The van der Waals surface area contributed by atoms with Gasteiger partial charge in [-0.25, -0.2) is 0 Å². The van der Waals surface area contributed by atoms with Crippen LogP contribution in [-0.4, -0.2) is 32.1 Å². The van der Waals surface area contributed by atoms with Gasteiger partial charge in [0.2, 0.25) is 0 Å². The van der Waals surface area contributed by atoms with Crippen LogP contribution in [-0.2, 0) is 0 Å². The summed E-state index contributed by atoms with van der Waals surface area (Å²) in [6, 6.07) is 21.6. The first-order valence-corrected chi connectivity index (χ1v) is 7.18. The Hall–Kier alpha value is -0.841. The minimum atomic E-state index is -0.517. The van der Waals surface area contributed by atoms with Crippen LogP contribution in [0.5, 0.6) is 0 Å². The van der Waals surface area contributed by atoms with Gasteiger partial charge in [0, 0.05) is 0 Å². The third-order valence-corrected chi connectivity index (χ3v) is 5.39. The van der Waals surface area contributed by atoms with E-state index in [4.69, 9.17) is 0 Å². The molecule has 0 bridgehead atoms. The maximum atomic E-state index is 2.24. The summed E-state index contributed by atoms with van der Waals surface area (Å²) in [6.07, 6.45) is 0. The van der Waals surface area contributed by atoms with Gasteiger partial charge in [0.1, 0.15) is 0 Å². The molecule has 0 aliphatic heterocycles. The Balaban J connectivity index is 0.000000980. The van der Waals surface area contributed by atoms with Crippen LogP contribution < -0.4 is 7.16 Å². The van der Waals surface area contributed by atoms with E-state index in [-0.39, 0.29) is 11.0 Å². The number of hydrogen-bond donors (Lipinski definition) is 0. The van der Waals surface area contributed by atoms with Crippen molar-refractivity contribution in [3.63, 3.8) is 0 Å². The van der Waals surface area contributed by atoms with E-state index in [1.165, 1.54) is 7.16 Å². The van der Waals surface area contributed by atoms with E-state index in [0.717, 1.165) is 0 Å². The Kier molecular flexibility index (Phi) is 7.03. The molecule has 2 radical (unpaired) electrons. The molecule has 2 nitrogen and oxygen atoms in total. The normalized spacial score (nSPS) is 8.53. The number of rotatable bonds is 2. The fourth-order valence-corrected chi connectivity index (χ4v) is 4.21. The van der Waals surface area contributed by atoms with Crippen LogP contribution in [0.25, 0.3) is 0 Å². The average Bonchev–Trinajstić information content (AvgIpc) is 2.21. The van der Waals surface area contributed by atoms with Crippen LogP contribution in [0.15, 0.2) is 60.7 Å². The average molecular weight is 309 g/mol. The molecule has 0 unspecified atom stereocenters. The molecule has 0 saturated heterocycles. The predicted octanol–water partition coefficient (Wildman–Crippen LogP) is -0.308. The van der Waals surface area contributed by atoms with Crippen molar-refractivity contribution in [2.45, 2.75) is 0 Å². The molecule has 0 heterocycles. The molecule has 0 saturated carbocycles. The van der Waals surface area contributed by atoms with Gasteiger partial charge in [-0.15, -0.1) is 0 Å². The molecule has 2 aromatic rings. The van der Waals surface area contributed by atoms with Crippen LogP contribution in [0, 0.1) is 0 Å². The van der Waals surface area contributed by atoms with E-state index in [2.05, 4.69) is 60.7 Å². The van der Waals surface area contributed by atoms with Gasteiger partial charge in [0.05, 0.1) is 0 Å². The summed E-state index contributed by atoms with van der Waals surface area (Å²) in [5, 5.41) is 0. The molecule has 0 aromatic heterocycles. The van der Waals surface area contributed by atoms with E-state index in [0.29, 0.717) is 0 Å². The van der Waals surface area contributed by atoms with Gasteiger partial charge in [0.15, 0.2) is 0 Å². The van der Waals surface area contributed by atoms with Crippen LogP contribution in [0.4, 0.5) is 0 Å². The molecular weight excluding hydrogens is 295 g/mol. The molecule has 0 atom stereocenters. The zero-order valence-electron chi connectivity index (χ0n) is 8.27. The quantitative estimate of drug-likeness (QED) is 0.684. The molecule has 0 fully saturated rings. The summed E-state index contributed by atoms with van der Waals surface area (Å²) in [7, 11) is 0. The molecular formula is C12H14O2Sn. The Bertz CT molecular complexity index is 324. The van der Waals surface area contributed by atoms with Gasteiger partial charge in [-0.2, -0.15) is 0 Å². The summed E-state index contributed by atoms with van der Waals surface area (Å²) in [5.41, 5.74) is 0. The predicted molar refractivity (Wildman–Crippen MR) is 65.1 cm³/mol. The molecule has 0 amide bonds. The third kappa shape index (κ3) is 4.46. The van der Waals surface area contributed by atoms with Gasteiger partial charge >= 0.3 is 89.0 Å². The Morgan fingerprint density at radius 3 is 1.20 bits per heavy atom. The van der Waals surface area contributed by atoms with E-state index in [9.17, 15) is 0 Å². The van der Waals surface area contributed by atoms with Crippen LogP contribution >= 0.6 is 0 Å². The van der Waals surface area contributed by atoms with Crippen molar-refractivity contribution in [1.82, 2.24) is 0 Å². The Labute approximate surface area is 99.8 Å². The second-order valence-electron chi connectivity index (χ2n) is 2.86. The molecule has 3 heteroatoms. The fraction of sp³-hybridized carbons (Fsp3) is 0. The minimum absolute atomic E-state index is 0. The second kappa shape index (κ2) is 7.45. The van der Waals surface area contributed by atoms with Crippen LogP contribution in [0.2, 0.25) is 0 Å². The molecule has 0 spiro atoms. The van der Waals surface area contributed by atoms with E-state index >= 15 is 0 Å².